The first kappa shape index (κ1) is 17.6. The van der Waals surface area contributed by atoms with E-state index in [1.807, 2.05) is 32.0 Å². The van der Waals surface area contributed by atoms with Gasteiger partial charge in [0.05, 0.1) is 18.8 Å². The summed E-state index contributed by atoms with van der Waals surface area (Å²) in [5.74, 6) is -0.674. The smallest absolute Gasteiger partial charge is 0.292 e. The fourth-order valence-corrected chi connectivity index (χ4v) is 1.81. The van der Waals surface area contributed by atoms with E-state index in [1.165, 1.54) is 18.2 Å². The predicted molar refractivity (Wildman–Crippen MR) is 90.0 cm³/mol. The van der Waals surface area contributed by atoms with Crippen molar-refractivity contribution in [1.29, 1.82) is 0 Å². The van der Waals surface area contributed by atoms with Crippen LogP contribution in [0.1, 0.15) is 29.9 Å². The van der Waals surface area contributed by atoms with Crippen LogP contribution in [0.25, 0.3) is 0 Å². The van der Waals surface area contributed by atoms with E-state index in [0.717, 1.165) is 11.8 Å². The van der Waals surface area contributed by atoms with Crippen LogP contribution >= 0.6 is 0 Å². The minimum atomic E-state index is -0.474. The van der Waals surface area contributed by atoms with E-state index in [4.69, 9.17) is 4.74 Å². The minimum Gasteiger partial charge on any atom is -0.465 e. The van der Waals surface area contributed by atoms with Gasteiger partial charge in [0.2, 0.25) is 0 Å². The molecule has 0 atom stereocenters. The summed E-state index contributed by atoms with van der Waals surface area (Å²) < 4.78 is 18.8. The molecule has 0 aliphatic rings. The summed E-state index contributed by atoms with van der Waals surface area (Å²) >= 11 is 0. The summed E-state index contributed by atoms with van der Waals surface area (Å²) in [5, 5.41) is 2.58. The summed E-state index contributed by atoms with van der Waals surface area (Å²) in [6.07, 6.45) is 1.67. The Labute approximate surface area is 140 Å². The molecule has 0 aliphatic carbocycles. The van der Waals surface area contributed by atoms with Crippen molar-refractivity contribution >= 4 is 11.9 Å². The van der Waals surface area contributed by atoms with Gasteiger partial charge in [0.1, 0.15) is 5.82 Å². The Hall–Kier alpha value is -2.76. The number of rotatable bonds is 5. The first-order valence-corrected chi connectivity index (χ1v) is 7.68. The monoisotopic (exact) mass is 329 g/mol. The molecule has 1 amide bonds. The van der Waals surface area contributed by atoms with Crippen LogP contribution in [0.15, 0.2) is 53.7 Å². The van der Waals surface area contributed by atoms with Gasteiger partial charge in [-0.2, -0.15) is 0 Å². The van der Waals surface area contributed by atoms with Crippen LogP contribution in [0.2, 0.25) is 0 Å². The number of nitrogens with zero attached hydrogens (tertiary/aromatic N) is 2. The maximum Gasteiger partial charge on any atom is 0.292 e. The number of benzene rings is 1. The molecule has 126 valence electrons. The number of ether oxygens (including phenoxy) is 1. The van der Waals surface area contributed by atoms with Gasteiger partial charge in [0.25, 0.3) is 11.9 Å². The molecule has 24 heavy (non-hydrogen) atoms. The molecule has 1 aromatic heterocycles. The molecule has 1 aromatic carbocycles. The van der Waals surface area contributed by atoms with Gasteiger partial charge < -0.3 is 4.74 Å². The second-order valence-electron chi connectivity index (χ2n) is 5.61. The highest BCUT2D eigenvalue weighted by Gasteiger charge is 2.11. The Morgan fingerprint density at radius 2 is 2.12 bits per heavy atom. The zero-order valence-corrected chi connectivity index (χ0v) is 13.7. The van der Waals surface area contributed by atoms with Crippen LogP contribution in [-0.2, 0) is 11.3 Å². The second-order valence-corrected chi connectivity index (χ2v) is 5.61. The maximum absolute atomic E-state index is 13.2. The molecule has 0 bridgehead atoms. The number of amidine groups is 1. The lowest BCUT2D eigenvalue weighted by atomic mass is 10.2. The van der Waals surface area contributed by atoms with E-state index in [2.05, 4.69) is 15.3 Å². The van der Waals surface area contributed by atoms with Crippen LogP contribution < -0.4 is 5.32 Å². The summed E-state index contributed by atoms with van der Waals surface area (Å²) in [6, 6.07) is 11.0. The molecule has 6 heteroatoms. The van der Waals surface area contributed by atoms with E-state index in [9.17, 15) is 9.18 Å². The molecule has 0 fully saturated rings. The van der Waals surface area contributed by atoms with Crippen molar-refractivity contribution in [1.82, 2.24) is 10.3 Å². The molecule has 0 spiro atoms. The van der Waals surface area contributed by atoms with Crippen LogP contribution in [0.3, 0.4) is 0 Å². The standard InChI is InChI=1S/C18H20FN3O2/c1-13(2)12-24-18(21-11-16-8-3-4-9-20-16)22-17(23)14-6-5-7-15(19)10-14/h3-10,13H,11-12H2,1-2H3,(H,21,22,23). The number of nitrogens with one attached hydrogen (secondary N) is 1. The predicted octanol–water partition coefficient (Wildman–Crippen LogP) is 3.18. The van der Waals surface area contributed by atoms with Crippen molar-refractivity contribution in [2.24, 2.45) is 10.9 Å². The van der Waals surface area contributed by atoms with Crippen molar-refractivity contribution in [2.45, 2.75) is 20.4 Å². The largest absolute Gasteiger partial charge is 0.465 e. The third-order valence-corrected chi connectivity index (χ3v) is 2.97. The molecular weight excluding hydrogens is 309 g/mol. The highest BCUT2D eigenvalue weighted by molar-refractivity contribution is 6.04. The number of aromatic nitrogens is 1. The number of carbonyl (C=O) groups is 1. The lowest BCUT2D eigenvalue weighted by Crippen LogP contribution is -2.33. The first-order valence-electron chi connectivity index (χ1n) is 7.68. The van der Waals surface area contributed by atoms with Gasteiger partial charge in [-0.15, -0.1) is 0 Å². The van der Waals surface area contributed by atoms with E-state index < -0.39 is 11.7 Å². The van der Waals surface area contributed by atoms with Crippen molar-refractivity contribution in [3.63, 3.8) is 0 Å². The van der Waals surface area contributed by atoms with Crippen LogP contribution in [0.5, 0.6) is 0 Å². The van der Waals surface area contributed by atoms with Gasteiger partial charge in [0.15, 0.2) is 0 Å². The van der Waals surface area contributed by atoms with E-state index in [-0.39, 0.29) is 24.0 Å². The Kier molecular flexibility index (Phi) is 6.42. The highest BCUT2D eigenvalue weighted by atomic mass is 19.1. The number of pyridine rings is 1. The molecule has 2 aromatic rings. The van der Waals surface area contributed by atoms with Gasteiger partial charge in [-0.3, -0.25) is 15.1 Å². The average molecular weight is 329 g/mol. The normalized spacial score (nSPS) is 11.4. The van der Waals surface area contributed by atoms with Crippen LogP contribution in [-0.4, -0.2) is 23.5 Å². The van der Waals surface area contributed by atoms with Crippen LogP contribution in [0, 0.1) is 11.7 Å². The molecule has 0 saturated carbocycles. The fourth-order valence-electron chi connectivity index (χ4n) is 1.81. The van der Waals surface area contributed by atoms with Gasteiger partial charge in [0, 0.05) is 11.8 Å². The SMILES string of the molecule is CC(C)COC(=NCc1ccccn1)NC(=O)c1cccc(F)c1. The van der Waals surface area contributed by atoms with Gasteiger partial charge in [-0.25, -0.2) is 9.38 Å². The molecule has 0 saturated heterocycles. The van der Waals surface area contributed by atoms with Crippen molar-refractivity contribution in [3.8, 4) is 0 Å². The number of carbonyl (C=O) groups excluding carboxylic acids is 1. The lowest BCUT2D eigenvalue weighted by molar-refractivity contribution is 0.0962. The average Bonchev–Trinajstić information content (AvgIpc) is 2.58. The second kappa shape index (κ2) is 8.76. The van der Waals surface area contributed by atoms with Crippen molar-refractivity contribution in [3.05, 3.63) is 65.7 Å². The summed E-state index contributed by atoms with van der Waals surface area (Å²) in [4.78, 5) is 20.6. The van der Waals surface area contributed by atoms with E-state index >= 15 is 0 Å². The summed E-state index contributed by atoms with van der Waals surface area (Å²) in [5.41, 5.74) is 0.955. The number of hydrogen-bond donors (Lipinski definition) is 1. The highest BCUT2D eigenvalue weighted by Crippen LogP contribution is 2.04. The molecule has 0 unspecified atom stereocenters. The number of halogens is 1. The molecule has 5 nitrogen and oxygen atoms in total. The van der Waals surface area contributed by atoms with Crippen molar-refractivity contribution in [2.75, 3.05) is 6.61 Å². The van der Waals surface area contributed by atoms with Crippen molar-refractivity contribution < 1.29 is 13.9 Å². The van der Waals surface area contributed by atoms with Gasteiger partial charge in [-0.05, 0) is 36.2 Å². The Balaban J connectivity index is 2.08. The molecular formula is C18H20FN3O2. The minimum absolute atomic E-state index is 0.101. The number of hydrogen-bond acceptors (Lipinski definition) is 4. The third kappa shape index (κ3) is 5.79. The molecule has 1 N–H and O–H groups in total. The lowest BCUT2D eigenvalue weighted by Gasteiger charge is -2.12. The summed E-state index contributed by atoms with van der Waals surface area (Å²) in [7, 11) is 0. The molecule has 1 heterocycles. The van der Waals surface area contributed by atoms with E-state index in [1.54, 1.807) is 6.20 Å². The third-order valence-electron chi connectivity index (χ3n) is 2.97. The zero-order chi connectivity index (χ0) is 17.4. The van der Waals surface area contributed by atoms with Gasteiger partial charge >= 0.3 is 0 Å². The molecule has 0 radical (unpaired) electrons. The maximum atomic E-state index is 13.2. The number of aliphatic imine (C=N–C) groups is 1. The Morgan fingerprint density at radius 1 is 1.29 bits per heavy atom. The zero-order valence-electron chi connectivity index (χ0n) is 13.7. The quantitative estimate of drug-likeness (QED) is 0.677. The Bertz CT molecular complexity index is 702. The topological polar surface area (TPSA) is 63.6 Å². The van der Waals surface area contributed by atoms with Crippen LogP contribution in [0.4, 0.5) is 4.39 Å². The molecule has 0 aliphatic heterocycles. The first-order chi connectivity index (χ1) is 11.5. The number of amides is 1. The van der Waals surface area contributed by atoms with E-state index in [0.29, 0.717) is 6.61 Å². The summed E-state index contributed by atoms with van der Waals surface area (Å²) in [6.45, 7) is 4.66. The molecule has 2 rings (SSSR count). The Morgan fingerprint density at radius 3 is 2.79 bits per heavy atom. The fraction of sp³-hybridized carbons (Fsp3) is 0.278. The van der Waals surface area contributed by atoms with Gasteiger partial charge in [-0.1, -0.05) is 26.0 Å².